The Morgan fingerprint density at radius 3 is 2.22 bits per heavy atom. The number of anilines is 1. The van der Waals surface area contributed by atoms with Crippen LogP contribution in [0.4, 0.5) is 5.69 Å². The Balaban J connectivity index is 2.15. The Bertz CT molecular complexity index is 725. The van der Waals surface area contributed by atoms with Gasteiger partial charge in [0.2, 0.25) is 5.91 Å². The van der Waals surface area contributed by atoms with E-state index in [0.29, 0.717) is 16.8 Å². The lowest BCUT2D eigenvalue weighted by molar-refractivity contribution is -0.140. The van der Waals surface area contributed by atoms with Crippen LogP contribution < -0.4 is 5.32 Å². The van der Waals surface area contributed by atoms with Crippen molar-refractivity contribution in [3.8, 4) is 0 Å². The Kier molecular flexibility index (Phi) is 5.25. The third-order valence-corrected chi connectivity index (χ3v) is 3.47. The number of benzene rings is 2. The van der Waals surface area contributed by atoms with E-state index in [2.05, 4.69) is 5.32 Å². The summed E-state index contributed by atoms with van der Waals surface area (Å²) < 4.78 is 0. The average Bonchev–Trinajstić information content (AvgIpc) is 2.53. The van der Waals surface area contributed by atoms with Crippen LogP contribution in [0, 0.1) is 0 Å². The molecule has 2 N–H and O–H groups in total. The van der Waals surface area contributed by atoms with Crippen molar-refractivity contribution in [2.45, 2.75) is 19.3 Å². The Labute approximate surface area is 134 Å². The van der Waals surface area contributed by atoms with Crippen molar-refractivity contribution in [2.75, 3.05) is 5.32 Å². The van der Waals surface area contributed by atoms with E-state index in [1.54, 1.807) is 54.6 Å². The number of carboxylic acids is 1. The van der Waals surface area contributed by atoms with Gasteiger partial charge in [0, 0.05) is 12.0 Å². The largest absolute Gasteiger partial charge is 0.481 e. The van der Waals surface area contributed by atoms with Crippen molar-refractivity contribution in [3.63, 3.8) is 0 Å². The highest BCUT2D eigenvalue weighted by Gasteiger charge is 2.23. The molecule has 2 aromatic carbocycles. The fraction of sp³-hybridized carbons (Fsp3) is 0.167. The SMILES string of the molecule is CC(=O)c1ccccc1NC(=O)C[C@@H](C(=O)O)c1ccccc1. The van der Waals surface area contributed by atoms with Crippen LogP contribution in [0.2, 0.25) is 0 Å². The predicted octanol–water partition coefficient (Wildman–Crippen LogP) is 3.09. The molecule has 0 saturated heterocycles. The molecule has 1 amide bonds. The van der Waals surface area contributed by atoms with Gasteiger partial charge in [-0.25, -0.2) is 0 Å². The lowest BCUT2D eigenvalue weighted by atomic mass is 9.95. The van der Waals surface area contributed by atoms with Gasteiger partial charge >= 0.3 is 5.97 Å². The van der Waals surface area contributed by atoms with Gasteiger partial charge in [-0.15, -0.1) is 0 Å². The first-order valence-corrected chi connectivity index (χ1v) is 7.16. The van der Waals surface area contributed by atoms with Crippen LogP contribution in [-0.2, 0) is 9.59 Å². The minimum atomic E-state index is -1.06. The Hall–Kier alpha value is -2.95. The second kappa shape index (κ2) is 7.35. The van der Waals surface area contributed by atoms with Crippen molar-refractivity contribution in [3.05, 3.63) is 65.7 Å². The van der Waals surface area contributed by atoms with Crippen LogP contribution in [0.5, 0.6) is 0 Å². The quantitative estimate of drug-likeness (QED) is 0.803. The van der Waals surface area contributed by atoms with Gasteiger partial charge in [-0.05, 0) is 24.6 Å². The van der Waals surface area contributed by atoms with Gasteiger partial charge in [-0.3, -0.25) is 14.4 Å². The molecule has 0 aliphatic carbocycles. The van der Waals surface area contributed by atoms with E-state index >= 15 is 0 Å². The molecule has 5 nitrogen and oxygen atoms in total. The molecule has 0 spiro atoms. The molecule has 23 heavy (non-hydrogen) atoms. The number of Topliss-reactive ketones (excluding diaryl/α,β-unsaturated/α-hetero) is 1. The smallest absolute Gasteiger partial charge is 0.311 e. The molecule has 118 valence electrons. The van der Waals surface area contributed by atoms with E-state index in [4.69, 9.17) is 0 Å². The highest BCUT2D eigenvalue weighted by Crippen LogP contribution is 2.22. The second-order valence-corrected chi connectivity index (χ2v) is 5.16. The number of aliphatic carboxylic acids is 1. The van der Waals surface area contributed by atoms with Gasteiger partial charge in [-0.2, -0.15) is 0 Å². The van der Waals surface area contributed by atoms with Crippen LogP contribution >= 0.6 is 0 Å². The number of ketones is 1. The molecule has 0 aliphatic rings. The van der Waals surface area contributed by atoms with Crippen LogP contribution in [0.15, 0.2) is 54.6 Å². The molecule has 0 aromatic heterocycles. The zero-order chi connectivity index (χ0) is 16.8. The number of hydrogen-bond acceptors (Lipinski definition) is 3. The molecule has 0 unspecified atom stereocenters. The number of hydrogen-bond donors (Lipinski definition) is 2. The summed E-state index contributed by atoms with van der Waals surface area (Å²) in [5, 5.41) is 12.0. The first-order valence-electron chi connectivity index (χ1n) is 7.16. The van der Waals surface area contributed by atoms with Gasteiger partial charge in [0.25, 0.3) is 0 Å². The molecular formula is C18H17NO4. The fourth-order valence-corrected chi connectivity index (χ4v) is 2.32. The fourth-order valence-electron chi connectivity index (χ4n) is 2.32. The summed E-state index contributed by atoms with van der Waals surface area (Å²) in [7, 11) is 0. The zero-order valence-electron chi connectivity index (χ0n) is 12.7. The topological polar surface area (TPSA) is 83.5 Å². The van der Waals surface area contributed by atoms with Crippen molar-refractivity contribution in [2.24, 2.45) is 0 Å². The predicted molar refractivity (Wildman–Crippen MR) is 86.5 cm³/mol. The summed E-state index contributed by atoms with van der Waals surface area (Å²) in [6.07, 6.45) is -0.203. The van der Waals surface area contributed by atoms with Crippen LogP contribution in [0.1, 0.15) is 35.2 Å². The summed E-state index contributed by atoms with van der Waals surface area (Å²) >= 11 is 0. The van der Waals surface area contributed by atoms with Crippen LogP contribution in [0.25, 0.3) is 0 Å². The minimum absolute atomic E-state index is 0.168. The summed E-state index contributed by atoms with van der Waals surface area (Å²) in [6, 6.07) is 15.2. The maximum Gasteiger partial charge on any atom is 0.311 e. The number of amides is 1. The van der Waals surface area contributed by atoms with Gasteiger partial charge < -0.3 is 10.4 Å². The lowest BCUT2D eigenvalue weighted by Crippen LogP contribution is -2.21. The number of nitrogens with one attached hydrogen (secondary N) is 1. The van der Waals surface area contributed by atoms with Crippen LogP contribution in [0.3, 0.4) is 0 Å². The van der Waals surface area contributed by atoms with Gasteiger partial charge in [-0.1, -0.05) is 42.5 Å². The third-order valence-electron chi connectivity index (χ3n) is 3.47. The van der Waals surface area contributed by atoms with Crippen molar-refractivity contribution < 1.29 is 19.5 Å². The highest BCUT2D eigenvalue weighted by atomic mass is 16.4. The molecular weight excluding hydrogens is 294 g/mol. The standard InChI is InChI=1S/C18H17NO4/c1-12(20)14-9-5-6-10-16(14)19-17(21)11-15(18(22)23)13-7-3-2-4-8-13/h2-10,15H,11H2,1H3,(H,19,21)(H,22,23)/t15-/m1/s1. The van der Waals surface area contributed by atoms with Crippen LogP contribution in [-0.4, -0.2) is 22.8 Å². The summed E-state index contributed by atoms with van der Waals surface area (Å²) in [5.41, 5.74) is 1.35. The highest BCUT2D eigenvalue weighted by molar-refractivity contribution is 6.04. The van der Waals surface area contributed by atoms with Crippen molar-refractivity contribution >= 4 is 23.3 Å². The number of rotatable bonds is 6. The third kappa shape index (κ3) is 4.26. The van der Waals surface area contributed by atoms with Crippen molar-refractivity contribution in [1.82, 2.24) is 0 Å². The number of carbonyl (C=O) groups excluding carboxylic acids is 2. The van der Waals surface area contributed by atoms with E-state index in [1.807, 2.05) is 0 Å². The monoisotopic (exact) mass is 311 g/mol. The Morgan fingerprint density at radius 1 is 1.00 bits per heavy atom. The molecule has 5 heteroatoms. The van der Waals surface area contributed by atoms with Crippen molar-refractivity contribution in [1.29, 1.82) is 0 Å². The maximum absolute atomic E-state index is 12.2. The normalized spacial score (nSPS) is 11.5. The molecule has 0 aliphatic heterocycles. The molecule has 2 rings (SSSR count). The molecule has 0 fully saturated rings. The average molecular weight is 311 g/mol. The molecule has 1 atom stereocenters. The number of carbonyl (C=O) groups is 3. The molecule has 2 aromatic rings. The second-order valence-electron chi connectivity index (χ2n) is 5.16. The van der Waals surface area contributed by atoms with E-state index in [0.717, 1.165) is 0 Å². The van der Waals surface area contributed by atoms with Gasteiger partial charge in [0.1, 0.15) is 0 Å². The molecule has 0 bridgehead atoms. The molecule has 0 heterocycles. The van der Waals surface area contributed by atoms with Gasteiger partial charge in [0.15, 0.2) is 5.78 Å². The van der Waals surface area contributed by atoms with E-state index in [9.17, 15) is 19.5 Å². The lowest BCUT2D eigenvalue weighted by Gasteiger charge is -2.14. The van der Waals surface area contributed by atoms with E-state index < -0.39 is 17.8 Å². The molecule has 0 saturated carbocycles. The number of para-hydroxylation sites is 1. The molecule has 0 radical (unpaired) electrons. The Morgan fingerprint density at radius 2 is 1.61 bits per heavy atom. The van der Waals surface area contributed by atoms with Gasteiger partial charge in [0.05, 0.1) is 11.6 Å². The number of carboxylic acid groups (broad SMARTS) is 1. The summed E-state index contributed by atoms with van der Waals surface area (Å²) in [6.45, 7) is 1.41. The summed E-state index contributed by atoms with van der Waals surface area (Å²) in [5.74, 6) is -2.61. The summed E-state index contributed by atoms with van der Waals surface area (Å²) in [4.78, 5) is 35.2. The first-order chi connectivity index (χ1) is 11.0. The van der Waals surface area contributed by atoms with E-state index in [1.165, 1.54) is 6.92 Å². The van der Waals surface area contributed by atoms with E-state index in [-0.39, 0.29) is 12.2 Å². The maximum atomic E-state index is 12.2. The first kappa shape index (κ1) is 16.4. The zero-order valence-corrected chi connectivity index (χ0v) is 12.7. The minimum Gasteiger partial charge on any atom is -0.481 e.